The molecule has 12 N–H and O–H groups in total. The number of carboxylic acid groups (broad SMARTS) is 3. The normalized spacial score (nSPS) is 17.8. The van der Waals surface area contributed by atoms with E-state index in [1.54, 1.807) is 13.8 Å². The number of Topliss-reactive ketones (excluding diaryl/α,β-unsaturated/α-hetero) is 1. The number of thiol groups is 1. The molecule has 0 unspecified atom stereocenters. The fraction of sp³-hybridized carbons (Fsp3) is 0.654. The van der Waals surface area contributed by atoms with E-state index in [2.05, 4.69) is 44.1 Å². The summed E-state index contributed by atoms with van der Waals surface area (Å²) >= 11 is 3.74. The minimum Gasteiger partial charge on any atom is -0.481 e. The number of hydrogen-bond acceptors (Lipinski definition) is 11. The van der Waals surface area contributed by atoms with E-state index < -0.39 is 103 Å². The van der Waals surface area contributed by atoms with Gasteiger partial charge in [-0.25, -0.2) is 0 Å². The Kier molecular flexibility index (Phi) is 15.9. The molecule has 19 nitrogen and oxygen atoms in total. The highest BCUT2D eigenvalue weighted by molar-refractivity contribution is 7.78. The van der Waals surface area contributed by atoms with Crippen LogP contribution in [-0.4, -0.2) is 105 Å². The molecule has 0 bridgehead atoms. The predicted octanol–water partition coefficient (Wildman–Crippen LogP) is -2.80. The third-order valence-electron chi connectivity index (χ3n) is 7.17. The monoisotopic (exact) mass is 674 g/mol. The van der Waals surface area contributed by atoms with Crippen molar-refractivity contribution >= 4 is 66.1 Å². The van der Waals surface area contributed by atoms with Crippen molar-refractivity contribution in [3.63, 3.8) is 0 Å². The molecule has 4 amide bonds. The molecule has 0 spiro atoms. The number of aliphatic carboxylic acids is 3. The van der Waals surface area contributed by atoms with Crippen LogP contribution in [0.3, 0.4) is 0 Å². The van der Waals surface area contributed by atoms with Crippen LogP contribution in [0.25, 0.3) is 0 Å². The van der Waals surface area contributed by atoms with Gasteiger partial charge in [-0.15, -0.1) is 0 Å². The number of ketones is 1. The van der Waals surface area contributed by atoms with Crippen molar-refractivity contribution in [2.24, 2.45) is 11.1 Å². The molecule has 0 heterocycles. The van der Waals surface area contributed by atoms with Gasteiger partial charge in [0, 0.05) is 19.4 Å². The lowest BCUT2D eigenvalue weighted by Crippen LogP contribution is -2.59. The van der Waals surface area contributed by atoms with E-state index in [1.807, 2.05) is 0 Å². The number of carbonyl (C=O) groups is 8. The summed E-state index contributed by atoms with van der Waals surface area (Å²) in [6, 6.07) is -7.05. The van der Waals surface area contributed by atoms with Gasteiger partial charge in [0.25, 0.3) is 0 Å². The fourth-order valence-corrected chi connectivity index (χ4v) is 4.80. The van der Waals surface area contributed by atoms with Crippen molar-refractivity contribution in [1.82, 2.24) is 31.3 Å². The molecule has 1 aliphatic carbocycles. The molecule has 0 radical (unpaired) electrons. The van der Waals surface area contributed by atoms with E-state index in [0.717, 1.165) is 0 Å². The third-order valence-corrected chi connectivity index (χ3v) is 7.48. The van der Waals surface area contributed by atoms with E-state index >= 15 is 0 Å². The molecule has 1 fully saturated rings. The SMILES string of the molecule is CC1(C)CCC(=O)[C@H]1NC(=O)[C@H](CC(=O)O)NC(=O)[C@H](CCC(=O)O)NC(=O)[C@H](CCCNC(=N)N)NC(=O)[C@H](CC(=O)O)NS. The Hall–Kier alpha value is -4.46. The number of nitrogens with two attached hydrogens (primary N) is 1. The number of carboxylic acids is 3. The Morgan fingerprint density at radius 1 is 0.848 bits per heavy atom. The molecule has 5 atom stereocenters. The summed E-state index contributed by atoms with van der Waals surface area (Å²) in [6.07, 6.45) is -2.05. The molecule has 1 aliphatic rings. The van der Waals surface area contributed by atoms with E-state index in [1.165, 1.54) is 0 Å². The lowest BCUT2D eigenvalue weighted by Gasteiger charge is -2.29. The lowest BCUT2D eigenvalue weighted by molar-refractivity contribution is -0.142. The van der Waals surface area contributed by atoms with Crippen LogP contribution in [0, 0.1) is 10.8 Å². The maximum Gasteiger partial charge on any atom is 0.305 e. The van der Waals surface area contributed by atoms with Gasteiger partial charge in [0.15, 0.2) is 11.7 Å². The van der Waals surface area contributed by atoms with Crippen LogP contribution >= 0.6 is 12.8 Å². The summed E-state index contributed by atoms with van der Waals surface area (Å²) in [5.41, 5.74) is 4.61. The van der Waals surface area contributed by atoms with Crippen LogP contribution < -0.4 is 37.0 Å². The first kappa shape index (κ1) is 39.6. The highest BCUT2D eigenvalue weighted by Crippen LogP contribution is 2.35. The number of nitrogens with one attached hydrogen (secondary N) is 7. The van der Waals surface area contributed by atoms with Crippen LogP contribution in [0.5, 0.6) is 0 Å². The smallest absolute Gasteiger partial charge is 0.305 e. The summed E-state index contributed by atoms with van der Waals surface area (Å²) in [5, 5.41) is 46.7. The van der Waals surface area contributed by atoms with Gasteiger partial charge < -0.3 is 47.6 Å². The van der Waals surface area contributed by atoms with Gasteiger partial charge in [-0.2, -0.15) is 0 Å². The van der Waals surface area contributed by atoms with E-state index in [9.17, 15) is 48.6 Å². The van der Waals surface area contributed by atoms with Gasteiger partial charge >= 0.3 is 17.9 Å². The topological polar surface area (TPSA) is 319 Å². The average molecular weight is 675 g/mol. The first-order chi connectivity index (χ1) is 21.4. The van der Waals surface area contributed by atoms with Gasteiger partial charge in [-0.1, -0.05) is 26.7 Å². The zero-order valence-corrected chi connectivity index (χ0v) is 26.3. The molecule has 1 rings (SSSR count). The molecular formula is C26H42N8O11S. The first-order valence-corrected chi connectivity index (χ1v) is 14.7. The zero-order valence-electron chi connectivity index (χ0n) is 25.4. The quantitative estimate of drug-likeness (QED) is 0.0269. The van der Waals surface area contributed by atoms with Crippen molar-refractivity contribution in [2.45, 2.75) is 95.4 Å². The van der Waals surface area contributed by atoms with Crippen LogP contribution in [0.1, 0.15) is 65.2 Å². The second kappa shape index (κ2) is 18.5. The molecule has 0 saturated heterocycles. The van der Waals surface area contributed by atoms with Crippen molar-refractivity contribution in [3.05, 3.63) is 0 Å². The summed E-state index contributed by atoms with van der Waals surface area (Å²) in [7, 11) is 0. The van der Waals surface area contributed by atoms with Crippen molar-refractivity contribution in [2.75, 3.05) is 6.54 Å². The van der Waals surface area contributed by atoms with E-state index in [0.29, 0.717) is 6.42 Å². The van der Waals surface area contributed by atoms with E-state index in [-0.39, 0.29) is 37.6 Å². The Balaban J connectivity index is 3.21. The van der Waals surface area contributed by atoms with Crippen molar-refractivity contribution in [3.8, 4) is 0 Å². The minimum atomic E-state index is -1.70. The summed E-state index contributed by atoms with van der Waals surface area (Å²) in [5.74, 6) is -8.81. The Labute approximate surface area is 269 Å². The third kappa shape index (κ3) is 13.7. The minimum absolute atomic E-state index is 0.0908. The second-order valence-corrected chi connectivity index (χ2v) is 11.6. The fourth-order valence-electron chi connectivity index (χ4n) is 4.60. The average Bonchev–Trinajstić information content (AvgIpc) is 3.20. The van der Waals surface area contributed by atoms with Crippen LogP contribution in [-0.2, 0) is 38.4 Å². The van der Waals surface area contributed by atoms with Crippen molar-refractivity contribution < 1.29 is 53.7 Å². The summed E-state index contributed by atoms with van der Waals surface area (Å²) < 4.78 is 2.21. The van der Waals surface area contributed by atoms with Gasteiger partial charge in [0.2, 0.25) is 23.6 Å². The number of carbonyl (C=O) groups excluding carboxylic acids is 5. The van der Waals surface area contributed by atoms with Crippen LogP contribution in [0.4, 0.5) is 0 Å². The highest BCUT2D eigenvalue weighted by Gasteiger charge is 2.43. The summed E-state index contributed by atoms with van der Waals surface area (Å²) in [6.45, 7) is 3.58. The molecular weight excluding hydrogens is 632 g/mol. The van der Waals surface area contributed by atoms with Gasteiger partial charge in [0.05, 0.1) is 18.9 Å². The number of hydrogen-bond donors (Lipinski definition) is 12. The largest absolute Gasteiger partial charge is 0.481 e. The molecule has 1 saturated carbocycles. The Bertz CT molecular complexity index is 1200. The maximum atomic E-state index is 13.3. The molecule has 0 aromatic rings. The predicted molar refractivity (Wildman–Crippen MR) is 162 cm³/mol. The molecule has 0 aliphatic heterocycles. The molecule has 258 valence electrons. The number of guanidine groups is 1. The van der Waals surface area contributed by atoms with Crippen LogP contribution in [0.2, 0.25) is 0 Å². The number of rotatable bonds is 20. The standard InChI is InChI=1S/C26H42N8O11S/c1-26(2)8-7-16(35)20(26)33-23(44)14(10-18(38)39)32-22(43)13(5-6-17(36)37)31-21(42)12(4-3-9-29-25(27)28)30-24(45)15(34-46)11-19(40)41/h12-15,20,34,46H,3-11H2,1-2H3,(H,30,45)(H,31,42)(H,32,43)(H,33,44)(H,36,37)(H,38,39)(H,40,41)(H4,27,28,29)/t12-,13-,14-,15-,20+/m0/s1. The van der Waals surface area contributed by atoms with Crippen LogP contribution in [0.15, 0.2) is 0 Å². The van der Waals surface area contributed by atoms with Crippen molar-refractivity contribution in [1.29, 1.82) is 5.41 Å². The second-order valence-electron chi connectivity index (χ2n) is 11.4. The molecule has 46 heavy (non-hydrogen) atoms. The molecule has 0 aromatic heterocycles. The first-order valence-electron chi connectivity index (χ1n) is 14.2. The van der Waals surface area contributed by atoms with Gasteiger partial charge in [-0.3, -0.25) is 48.5 Å². The number of amides is 4. The Morgan fingerprint density at radius 3 is 1.80 bits per heavy atom. The van der Waals surface area contributed by atoms with Gasteiger partial charge in [-0.05, 0) is 31.1 Å². The lowest BCUT2D eigenvalue weighted by atomic mass is 9.87. The maximum absolute atomic E-state index is 13.3. The Morgan fingerprint density at radius 2 is 1.35 bits per heavy atom. The zero-order chi connectivity index (χ0) is 35.2. The van der Waals surface area contributed by atoms with Gasteiger partial charge in [0.1, 0.15) is 24.2 Å². The van der Waals surface area contributed by atoms with E-state index in [4.69, 9.17) is 16.2 Å². The molecule has 20 heteroatoms. The molecule has 0 aromatic carbocycles. The summed E-state index contributed by atoms with van der Waals surface area (Å²) in [4.78, 5) is 98.7. The highest BCUT2D eigenvalue weighted by atomic mass is 32.1.